The second kappa shape index (κ2) is 9.71. The van der Waals surface area contributed by atoms with Crippen LogP contribution in [0.5, 0.6) is 0 Å². The maximum Gasteiger partial charge on any atom is 0.313 e. The molecule has 4 nitrogen and oxygen atoms in total. The Hall–Kier alpha value is -2.10. The normalized spacial score (nSPS) is 45.9. The molecular formula is C37H53NO3. The predicted molar refractivity (Wildman–Crippen MR) is 164 cm³/mol. The Kier molecular flexibility index (Phi) is 6.87. The van der Waals surface area contributed by atoms with Gasteiger partial charge >= 0.3 is 5.97 Å². The van der Waals surface area contributed by atoms with Crippen molar-refractivity contribution in [1.82, 2.24) is 0 Å². The van der Waals surface area contributed by atoms with E-state index in [2.05, 4.69) is 59.7 Å². The summed E-state index contributed by atoms with van der Waals surface area (Å²) < 4.78 is 6.19. The number of hydrogen-bond donors (Lipinski definition) is 1. The minimum Gasteiger partial charge on any atom is -0.460 e. The first kappa shape index (κ1) is 29.0. The molecule has 0 radical (unpaired) electrons. The van der Waals surface area contributed by atoms with Crippen LogP contribution in [0.25, 0.3) is 0 Å². The van der Waals surface area contributed by atoms with E-state index in [0.717, 1.165) is 56.2 Å². The van der Waals surface area contributed by atoms with Crippen LogP contribution in [0.3, 0.4) is 0 Å². The molecule has 0 aromatic heterocycles. The molecule has 0 heterocycles. The van der Waals surface area contributed by atoms with Gasteiger partial charge in [0.25, 0.3) is 0 Å². The second-order valence-electron chi connectivity index (χ2n) is 16.4. The predicted octanol–water partition coefficient (Wildman–Crippen LogP) is 9.22. The first-order valence-electron chi connectivity index (χ1n) is 16.4. The Balaban J connectivity index is 1.39. The third-order valence-corrected chi connectivity index (χ3v) is 14.2. The summed E-state index contributed by atoms with van der Waals surface area (Å²) in [6.45, 7) is 17.7. The lowest BCUT2D eigenvalue weighted by atomic mass is 9.33. The molecule has 0 aliphatic heterocycles. The molecule has 4 saturated carbocycles. The third-order valence-electron chi connectivity index (χ3n) is 14.2. The van der Waals surface area contributed by atoms with Crippen LogP contribution in [-0.2, 0) is 16.1 Å². The number of ether oxygens (including phenoxy) is 1. The van der Waals surface area contributed by atoms with Gasteiger partial charge in [-0.3, -0.25) is 4.79 Å². The Morgan fingerprint density at radius 2 is 1.68 bits per heavy atom. The first-order valence-corrected chi connectivity index (χ1v) is 16.4. The van der Waals surface area contributed by atoms with Crippen molar-refractivity contribution in [3.63, 3.8) is 0 Å². The number of benzene rings is 1. The van der Waals surface area contributed by atoms with Crippen LogP contribution in [0.2, 0.25) is 0 Å². The van der Waals surface area contributed by atoms with Crippen molar-refractivity contribution >= 4 is 11.7 Å². The van der Waals surface area contributed by atoms with Crippen LogP contribution in [0.15, 0.2) is 47.1 Å². The molecule has 6 rings (SSSR count). The standard InChI is InChI=1S/C37H53NO3/c1-24-15-18-37(32(39)41-23-26-11-9-8-10-12-26)20-19-35(6)28(31(37)25(24)2)13-14-30-34(5)22-27(38-40)21-33(3,4)29(34)16-17-36(30,35)7/h8-13,24-25,29-31,40H,14-23H2,1-7H3/b38-27+/t24-,25+,29+,30-,31+,34+,35-,36-,37+/m1/s1. The Bertz CT molecular complexity index is 1250. The molecule has 1 N–H and O–H groups in total. The average Bonchev–Trinajstić information content (AvgIpc) is 2.93. The summed E-state index contributed by atoms with van der Waals surface area (Å²) in [5, 5.41) is 13.8. The number of rotatable bonds is 3. The van der Waals surface area contributed by atoms with Gasteiger partial charge in [0.15, 0.2) is 0 Å². The van der Waals surface area contributed by atoms with Crippen LogP contribution in [0, 0.1) is 56.7 Å². The zero-order chi connectivity index (χ0) is 29.4. The molecule has 1 aromatic rings. The summed E-state index contributed by atoms with van der Waals surface area (Å²) in [6.07, 6.45) is 12.0. The van der Waals surface area contributed by atoms with Gasteiger partial charge in [-0.25, -0.2) is 0 Å². The molecule has 4 heteroatoms. The molecular weight excluding hydrogens is 506 g/mol. The zero-order valence-corrected chi connectivity index (χ0v) is 26.6. The molecule has 0 amide bonds. The van der Waals surface area contributed by atoms with Crippen molar-refractivity contribution < 1.29 is 14.7 Å². The van der Waals surface area contributed by atoms with Crippen LogP contribution in [0.1, 0.15) is 112 Å². The Morgan fingerprint density at radius 3 is 2.39 bits per heavy atom. The molecule has 4 fully saturated rings. The van der Waals surface area contributed by atoms with E-state index in [1.54, 1.807) is 5.57 Å². The summed E-state index contributed by atoms with van der Waals surface area (Å²) >= 11 is 0. The lowest BCUT2D eigenvalue weighted by Gasteiger charge is -2.71. The van der Waals surface area contributed by atoms with Gasteiger partial charge in [0.2, 0.25) is 0 Å². The number of allylic oxidation sites excluding steroid dienone is 2. The van der Waals surface area contributed by atoms with Gasteiger partial charge in [-0.2, -0.15) is 0 Å². The second-order valence-corrected chi connectivity index (χ2v) is 16.4. The number of hydrogen-bond acceptors (Lipinski definition) is 4. The molecule has 5 aliphatic rings. The SMILES string of the molecule is C[C@H]1[C@H](C)CC[C@]2(C(=O)OCc3ccccc3)CC[C@]3(C)C(=CC[C@@H]4[C@@]5(C)C/C(=N/O)CC(C)(C)[C@@H]5CC[C@]43C)[C@H]12. The topological polar surface area (TPSA) is 58.9 Å². The highest BCUT2D eigenvalue weighted by atomic mass is 16.5. The Morgan fingerprint density at radius 1 is 0.951 bits per heavy atom. The molecule has 9 atom stereocenters. The fraction of sp³-hybridized carbons (Fsp3) is 0.730. The molecule has 0 unspecified atom stereocenters. The van der Waals surface area contributed by atoms with Crippen molar-refractivity contribution in [2.75, 3.05) is 0 Å². The van der Waals surface area contributed by atoms with Crippen molar-refractivity contribution in [2.24, 2.45) is 61.8 Å². The lowest BCUT2D eigenvalue weighted by molar-refractivity contribution is -0.186. The van der Waals surface area contributed by atoms with E-state index in [4.69, 9.17) is 4.74 Å². The summed E-state index contributed by atoms with van der Waals surface area (Å²) in [6, 6.07) is 10.1. The summed E-state index contributed by atoms with van der Waals surface area (Å²) in [4.78, 5) is 14.2. The van der Waals surface area contributed by atoms with Gasteiger partial charge in [0.05, 0.1) is 11.1 Å². The maximum absolute atomic E-state index is 14.2. The smallest absolute Gasteiger partial charge is 0.313 e. The molecule has 1 aromatic carbocycles. The minimum absolute atomic E-state index is 0.0360. The number of nitrogens with zero attached hydrogens (tertiary/aromatic N) is 1. The van der Waals surface area contributed by atoms with E-state index >= 15 is 0 Å². The van der Waals surface area contributed by atoms with Crippen molar-refractivity contribution in [2.45, 2.75) is 113 Å². The van der Waals surface area contributed by atoms with E-state index in [1.165, 1.54) is 12.8 Å². The van der Waals surface area contributed by atoms with E-state index < -0.39 is 5.41 Å². The maximum atomic E-state index is 14.2. The van der Waals surface area contributed by atoms with E-state index in [-0.39, 0.29) is 33.5 Å². The largest absolute Gasteiger partial charge is 0.460 e. The first-order chi connectivity index (χ1) is 19.3. The highest BCUT2D eigenvalue weighted by Crippen LogP contribution is 2.75. The summed E-state index contributed by atoms with van der Waals surface area (Å²) in [5.74, 6) is 2.49. The summed E-state index contributed by atoms with van der Waals surface area (Å²) in [5.41, 5.74) is 3.65. The number of carbonyl (C=O) groups excluding carboxylic acids is 1. The number of esters is 1. The number of carbonyl (C=O) groups is 1. The summed E-state index contributed by atoms with van der Waals surface area (Å²) in [7, 11) is 0. The quantitative estimate of drug-likeness (QED) is 0.174. The van der Waals surface area contributed by atoms with Gasteiger partial charge in [-0.15, -0.1) is 0 Å². The number of oxime groups is 1. The average molecular weight is 560 g/mol. The van der Waals surface area contributed by atoms with Crippen LogP contribution in [-0.4, -0.2) is 16.9 Å². The van der Waals surface area contributed by atoms with Gasteiger partial charge in [-0.05, 0) is 115 Å². The lowest BCUT2D eigenvalue weighted by Crippen LogP contribution is -2.65. The Labute approximate surface area is 248 Å². The molecule has 0 bridgehead atoms. The highest BCUT2D eigenvalue weighted by molar-refractivity contribution is 5.86. The monoisotopic (exact) mass is 559 g/mol. The van der Waals surface area contributed by atoms with Gasteiger partial charge in [0, 0.05) is 0 Å². The van der Waals surface area contributed by atoms with Crippen LogP contribution in [0.4, 0.5) is 0 Å². The van der Waals surface area contributed by atoms with Crippen molar-refractivity contribution in [3.05, 3.63) is 47.5 Å². The van der Waals surface area contributed by atoms with Gasteiger partial charge in [-0.1, -0.05) is 95.6 Å². The van der Waals surface area contributed by atoms with Crippen LogP contribution >= 0.6 is 0 Å². The molecule has 5 aliphatic carbocycles. The van der Waals surface area contributed by atoms with Crippen molar-refractivity contribution in [3.8, 4) is 0 Å². The zero-order valence-electron chi connectivity index (χ0n) is 26.6. The van der Waals surface area contributed by atoms with Crippen molar-refractivity contribution in [1.29, 1.82) is 0 Å². The fourth-order valence-corrected chi connectivity index (χ4v) is 11.8. The van der Waals surface area contributed by atoms with Crippen LogP contribution < -0.4 is 0 Å². The van der Waals surface area contributed by atoms with E-state index in [9.17, 15) is 10.0 Å². The van der Waals surface area contributed by atoms with Gasteiger partial charge < -0.3 is 9.94 Å². The van der Waals surface area contributed by atoms with E-state index in [0.29, 0.717) is 30.3 Å². The minimum atomic E-state index is -0.417. The molecule has 41 heavy (non-hydrogen) atoms. The fourth-order valence-electron chi connectivity index (χ4n) is 11.8. The third kappa shape index (κ3) is 4.04. The van der Waals surface area contributed by atoms with Gasteiger partial charge in [0.1, 0.15) is 6.61 Å². The molecule has 224 valence electrons. The highest BCUT2D eigenvalue weighted by Gasteiger charge is 2.69. The van der Waals surface area contributed by atoms with E-state index in [1.807, 2.05) is 30.3 Å². The molecule has 0 saturated heterocycles. The number of fused-ring (bicyclic) bond motifs is 7. The molecule has 0 spiro atoms.